The maximum absolute atomic E-state index is 13.2. The summed E-state index contributed by atoms with van der Waals surface area (Å²) >= 11 is 3.28. The van der Waals surface area contributed by atoms with Gasteiger partial charge in [0.1, 0.15) is 5.82 Å². The van der Waals surface area contributed by atoms with Gasteiger partial charge >= 0.3 is 0 Å². The number of aliphatic hydroxyl groups is 1. The molecule has 2 N–H and O–H groups in total. The highest BCUT2D eigenvalue weighted by atomic mass is 79.9. The van der Waals surface area contributed by atoms with Crippen LogP contribution in [0.4, 0.5) is 4.39 Å². The van der Waals surface area contributed by atoms with Crippen molar-refractivity contribution in [3.8, 4) is 0 Å². The Labute approximate surface area is 91.3 Å². The smallest absolute Gasteiger partial charge is 0.127 e. The largest absolute Gasteiger partial charge is 0.396 e. The quantitative estimate of drug-likeness (QED) is 0.796. The summed E-state index contributed by atoms with van der Waals surface area (Å²) in [5.41, 5.74) is 0.636. The molecule has 0 bridgehead atoms. The number of halogens is 2. The average molecular weight is 262 g/mol. The SMILES string of the molecule is OCCCNCc1cc(Br)ccc1F. The van der Waals surface area contributed by atoms with Gasteiger partial charge in [-0.25, -0.2) is 4.39 Å². The van der Waals surface area contributed by atoms with Crippen molar-refractivity contribution in [1.29, 1.82) is 0 Å². The molecule has 2 nitrogen and oxygen atoms in total. The van der Waals surface area contributed by atoms with Crippen LogP contribution < -0.4 is 5.32 Å². The fraction of sp³-hybridized carbons (Fsp3) is 0.400. The molecule has 0 fully saturated rings. The van der Waals surface area contributed by atoms with Gasteiger partial charge in [-0.05, 0) is 31.2 Å². The lowest BCUT2D eigenvalue weighted by atomic mass is 10.2. The van der Waals surface area contributed by atoms with Gasteiger partial charge in [0.25, 0.3) is 0 Å². The third kappa shape index (κ3) is 3.74. The Kier molecular flexibility index (Phi) is 5.07. The van der Waals surface area contributed by atoms with E-state index >= 15 is 0 Å². The molecular formula is C10H13BrFNO. The van der Waals surface area contributed by atoms with Gasteiger partial charge in [-0.15, -0.1) is 0 Å². The van der Waals surface area contributed by atoms with Gasteiger partial charge in [0, 0.05) is 23.2 Å². The van der Waals surface area contributed by atoms with Crippen LogP contribution in [0.1, 0.15) is 12.0 Å². The summed E-state index contributed by atoms with van der Waals surface area (Å²) in [7, 11) is 0. The molecule has 0 radical (unpaired) electrons. The normalized spacial score (nSPS) is 10.5. The summed E-state index contributed by atoms with van der Waals surface area (Å²) in [6, 6.07) is 4.86. The Morgan fingerprint density at radius 3 is 2.93 bits per heavy atom. The Hall–Kier alpha value is -0.450. The molecule has 1 aromatic rings. The van der Waals surface area contributed by atoms with E-state index in [4.69, 9.17) is 5.11 Å². The van der Waals surface area contributed by atoms with E-state index in [1.54, 1.807) is 12.1 Å². The highest BCUT2D eigenvalue weighted by molar-refractivity contribution is 9.10. The molecule has 1 rings (SSSR count). The summed E-state index contributed by atoms with van der Waals surface area (Å²) < 4.78 is 14.0. The lowest BCUT2D eigenvalue weighted by Crippen LogP contribution is -2.16. The van der Waals surface area contributed by atoms with Crippen LogP contribution in [0.15, 0.2) is 22.7 Å². The summed E-state index contributed by atoms with van der Waals surface area (Å²) in [6.45, 7) is 1.35. The number of rotatable bonds is 5. The summed E-state index contributed by atoms with van der Waals surface area (Å²) in [5, 5.41) is 11.6. The van der Waals surface area contributed by atoms with E-state index in [1.807, 2.05) is 0 Å². The van der Waals surface area contributed by atoms with E-state index in [0.717, 1.165) is 4.47 Å². The molecule has 1 aromatic carbocycles. The summed E-state index contributed by atoms with van der Waals surface area (Å²) in [6.07, 6.45) is 0.690. The molecule has 0 amide bonds. The molecule has 0 aliphatic rings. The van der Waals surface area contributed by atoms with Gasteiger partial charge in [0.15, 0.2) is 0 Å². The van der Waals surface area contributed by atoms with E-state index < -0.39 is 0 Å². The van der Waals surface area contributed by atoms with Crippen LogP contribution >= 0.6 is 15.9 Å². The summed E-state index contributed by atoms with van der Waals surface area (Å²) in [4.78, 5) is 0. The first-order valence-corrected chi connectivity index (χ1v) is 5.29. The molecule has 0 saturated carbocycles. The zero-order valence-corrected chi connectivity index (χ0v) is 9.35. The summed E-state index contributed by atoms with van der Waals surface area (Å²) in [5.74, 6) is -0.204. The molecule has 4 heteroatoms. The molecule has 0 heterocycles. The molecule has 0 saturated heterocycles. The van der Waals surface area contributed by atoms with Crippen LogP contribution in [-0.2, 0) is 6.54 Å². The minimum absolute atomic E-state index is 0.161. The predicted octanol–water partition coefficient (Wildman–Crippen LogP) is 2.06. The molecule has 0 aromatic heterocycles. The van der Waals surface area contributed by atoms with Gasteiger partial charge in [-0.2, -0.15) is 0 Å². The second-order valence-corrected chi connectivity index (χ2v) is 3.91. The molecule has 0 aliphatic heterocycles. The van der Waals surface area contributed by atoms with E-state index in [2.05, 4.69) is 21.2 Å². The third-order valence-corrected chi connectivity index (χ3v) is 2.33. The predicted molar refractivity (Wildman–Crippen MR) is 57.5 cm³/mol. The van der Waals surface area contributed by atoms with E-state index in [0.29, 0.717) is 25.1 Å². The lowest BCUT2D eigenvalue weighted by Gasteiger charge is -2.05. The minimum atomic E-state index is -0.204. The maximum Gasteiger partial charge on any atom is 0.127 e. The fourth-order valence-electron chi connectivity index (χ4n) is 1.11. The van der Waals surface area contributed by atoms with E-state index in [-0.39, 0.29) is 12.4 Å². The molecule has 0 spiro atoms. The maximum atomic E-state index is 13.2. The Balaban J connectivity index is 2.45. The van der Waals surface area contributed by atoms with Crippen LogP contribution in [0.3, 0.4) is 0 Å². The number of nitrogens with one attached hydrogen (secondary N) is 1. The minimum Gasteiger partial charge on any atom is -0.396 e. The van der Waals surface area contributed by atoms with Gasteiger partial charge in [-0.3, -0.25) is 0 Å². The Morgan fingerprint density at radius 2 is 2.21 bits per heavy atom. The van der Waals surface area contributed by atoms with Crippen molar-refractivity contribution in [3.05, 3.63) is 34.1 Å². The number of benzene rings is 1. The number of hydrogen-bond acceptors (Lipinski definition) is 2. The Morgan fingerprint density at radius 1 is 1.43 bits per heavy atom. The van der Waals surface area contributed by atoms with Gasteiger partial charge in [0.2, 0.25) is 0 Å². The van der Waals surface area contributed by atoms with E-state index in [1.165, 1.54) is 6.07 Å². The van der Waals surface area contributed by atoms with Crippen LogP contribution in [-0.4, -0.2) is 18.3 Å². The van der Waals surface area contributed by atoms with Crippen molar-refractivity contribution >= 4 is 15.9 Å². The van der Waals surface area contributed by atoms with Crippen LogP contribution in [0.25, 0.3) is 0 Å². The molecule has 14 heavy (non-hydrogen) atoms. The first-order chi connectivity index (χ1) is 6.74. The monoisotopic (exact) mass is 261 g/mol. The van der Waals surface area contributed by atoms with Crippen molar-refractivity contribution in [2.75, 3.05) is 13.2 Å². The van der Waals surface area contributed by atoms with Crippen molar-refractivity contribution in [3.63, 3.8) is 0 Å². The van der Waals surface area contributed by atoms with Crippen LogP contribution in [0.5, 0.6) is 0 Å². The standard InChI is InChI=1S/C10H13BrFNO/c11-9-2-3-10(12)8(6-9)7-13-4-1-5-14/h2-3,6,13-14H,1,4-5,7H2. The first kappa shape index (κ1) is 11.6. The highest BCUT2D eigenvalue weighted by Crippen LogP contribution is 2.15. The van der Waals surface area contributed by atoms with Crippen molar-refractivity contribution in [2.45, 2.75) is 13.0 Å². The second kappa shape index (κ2) is 6.11. The fourth-order valence-corrected chi connectivity index (χ4v) is 1.51. The van der Waals surface area contributed by atoms with Crippen LogP contribution in [0.2, 0.25) is 0 Å². The number of hydrogen-bond donors (Lipinski definition) is 2. The second-order valence-electron chi connectivity index (χ2n) is 2.99. The molecule has 0 unspecified atom stereocenters. The zero-order chi connectivity index (χ0) is 10.4. The van der Waals surface area contributed by atoms with Gasteiger partial charge in [-0.1, -0.05) is 15.9 Å². The van der Waals surface area contributed by atoms with Gasteiger partial charge in [0.05, 0.1) is 0 Å². The third-order valence-electron chi connectivity index (χ3n) is 1.83. The topological polar surface area (TPSA) is 32.3 Å². The average Bonchev–Trinajstić information content (AvgIpc) is 2.18. The van der Waals surface area contributed by atoms with Crippen molar-refractivity contribution in [2.24, 2.45) is 0 Å². The zero-order valence-electron chi connectivity index (χ0n) is 7.76. The van der Waals surface area contributed by atoms with Crippen LogP contribution in [0, 0.1) is 5.82 Å². The first-order valence-electron chi connectivity index (χ1n) is 4.49. The lowest BCUT2D eigenvalue weighted by molar-refractivity contribution is 0.286. The van der Waals surface area contributed by atoms with Crippen molar-refractivity contribution < 1.29 is 9.50 Å². The van der Waals surface area contributed by atoms with Crippen molar-refractivity contribution in [1.82, 2.24) is 5.32 Å². The molecule has 0 aliphatic carbocycles. The number of aliphatic hydroxyl groups excluding tert-OH is 1. The molecular weight excluding hydrogens is 249 g/mol. The molecule has 78 valence electrons. The Bertz CT molecular complexity index is 293. The highest BCUT2D eigenvalue weighted by Gasteiger charge is 2.01. The van der Waals surface area contributed by atoms with Gasteiger partial charge < -0.3 is 10.4 Å². The van der Waals surface area contributed by atoms with E-state index in [9.17, 15) is 4.39 Å². The molecule has 0 atom stereocenters.